The summed E-state index contributed by atoms with van der Waals surface area (Å²) in [5.41, 5.74) is 2.18. The monoisotopic (exact) mass is 380 g/mol. The summed E-state index contributed by atoms with van der Waals surface area (Å²) >= 11 is 5.86. The fourth-order valence-corrected chi connectivity index (χ4v) is 3.49. The number of nitrogens with zero attached hydrogens (tertiary/aromatic N) is 2. The fourth-order valence-electron chi connectivity index (χ4n) is 2.51. The average Bonchev–Trinajstić information content (AvgIpc) is 2.53. The number of carbonyl (C=O) groups excluding carboxylic acids is 1. The zero-order chi connectivity index (χ0) is 18.6. The number of amides is 1. The Kier molecular flexibility index (Phi) is 6.08. The number of likely N-dealkylation sites (N-methyl/N-ethyl adjacent to an activating group) is 1. The van der Waals surface area contributed by atoms with E-state index in [2.05, 4.69) is 0 Å². The summed E-state index contributed by atoms with van der Waals surface area (Å²) in [6.07, 6.45) is 1.08. The largest absolute Gasteiger partial charge is 0.311 e. The van der Waals surface area contributed by atoms with E-state index in [9.17, 15) is 13.2 Å². The summed E-state index contributed by atoms with van der Waals surface area (Å²) in [4.78, 5) is 14.3. The molecule has 0 aliphatic rings. The molecule has 0 spiro atoms. The minimum Gasteiger partial charge on any atom is -0.311 e. The van der Waals surface area contributed by atoms with Crippen molar-refractivity contribution in [1.29, 1.82) is 0 Å². The number of halogens is 1. The molecule has 0 aliphatic carbocycles. The number of benzene rings is 2. The zero-order valence-corrected chi connectivity index (χ0v) is 16.0. The second kappa shape index (κ2) is 7.89. The van der Waals surface area contributed by atoms with E-state index in [0.717, 1.165) is 21.8 Å². The van der Waals surface area contributed by atoms with Crippen molar-refractivity contribution >= 4 is 38.9 Å². The molecular weight excluding hydrogens is 360 g/mol. The Labute approximate surface area is 153 Å². The molecule has 1 amide bonds. The van der Waals surface area contributed by atoms with Crippen LogP contribution in [0.1, 0.15) is 12.5 Å². The van der Waals surface area contributed by atoms with Gasteiger partial charge in [-0.05, 0) is 55.8 Å². The SMILES string of the molecule is CCN(C(=O)CN(c1ccc(Cl)cc1)S(C)(=O)=O)c1cccc(C)c1. The van der Waals surface area contributed by atoms with Crippen LogP contribution in [0, 0.1) is 6.92 Å². The molecule has 0 fully saturated rings. The second-order valence-electron chi connectivity index (χ2n) is 5.72. The van der Waals surface area contributed by atoms with E-state index in [-0.39, 0.29) is 12.5 Å². The van der Waals surface area contributed by atoms with E-state index < -0.39 is 10.0 Å². The molecule has 0 heterocycles. The third-order valence-electron chi connectivity index (χ3n) is 3.72. The number of hydrogen-bond donors (Lipinski definition) is 0. The maximum Gasteiger partial charge on any atom is 0.247 e. The lowest BCUT2D eigenvalue weighted by Gasteiger charge is -2.27. The van der Waals surface area contributed by atoms with Crippen LogP contribution in [0.5, 0.6) is 0 Å². The van der Waals surface area contributed by atoms with Crippen molar-refractivity contribution in [3.8, 4) is 0 Å². The van der Waals surface area contributed by atoms with Crippen molar-refractivity contribution in [1.82, 2.24) is 0 Å². The summed E-state index contributed by atoms with van der Waals surface area (Å²) < 4.78 is 25.4. The van der Waals surface area contributed by atoms with Gasteiger partial charge in [0.2, 0.25) is 15.9 Å². The molecule has 2 aromatic rings. The molecule has 0 N–H and O–H groups in total. The summed E-state index contributed by atoms with van der Waals surface area (Å²) in [5.74, 6) is -0.298. The van der Waals surface area contributed by atoms with Crippen molar-refractivity contribution in [3.05, 3.63) is 59.1 Å². The first kappa shape index (κ1) is 19.3. The highest BCUT2D eigenvalue weighted by molar-refractivity contribution is 7.92. The van der Waals surface area contributed by atoms with Crippen LogP contribution in [-0.4, -0.2) is 33.7 Å². The van der Waals surface area contributed by atoms with Crippen molar-refractivity contribution in [2.45, 2.75) is 13.8 Å². The number of aryl methyl sites for hydroxylation is 1. The van der Waals surface area contributed by atoms with E-state index in [1.807, 2.05) is 38.1 Å². The molecule has 0 radical (unpaired) electrons. The molecule has 2 rings (SSSR count). The van der Waals surface area contributed by atoms with E-state index >= 15 is 0 Å². The minimum atomic E-state index is -3.62. The molecule has 0 aromatic heterocycles. The molecule has 0 atom stereocenters. The van der Waals surface area contributed by atoms with Gasteiger partial charge in [-0.1, -0.05) is 23.7 Å². The van der Waals surface area contributed by atoms with Gasteiger partial charge in [0.1, 0.15) is 6.54 Å². The molecule has 0 unspecified atom stereocenters. The highest BCUT2D eigenvalue weighted by Crippen LogP contribution is 2.22. The molecule has 7 heteroatoms. The maximum atomic E-state index is 12.8. The Morgan fingerprint density at radius 3 is 2.24 bits per heavy atom. The maximum absolute atomic E-state index is 12.8. The Hall–Kier alpha value is -2.05. The van der Waals surface area contributed by atoms with Crippen LogP contribution in [0.4, 0.5) is 11.4 Å². The van der Waals surface area contributed by atoms with Crippen LogP contribution >= 0.6 is 11.6 Å². The van der Waals surface area contributed by atoms with Crippen LogP contribution in [0.2, 0.25) is 5.02 Å². The molecule has 25 heavy (non-hydrogen) atoms. The van der Waals surface area contributed by atoms with Gasteiger partial charge in [0.05, 0.1) is 11.9 Å². The first-order chi connectivity index (χ1) is 11.7. The second-order valence-corrected chi connectivity index (χ2v) is 8.07. The molecular formula is C18H21ClN2O3S. The third kappa shape index (κ3) is 4.96. The van der Waals surface area contributed by atoms with Gasteiger partial charge in [-0.2, -0.15) is 0 Å². The lowest BCUT2D eigenvalue weighted by molar-refractivity contribution is -0.117. The van der Waals surface area contributed by atoms with Crippen molar-refractivity contribution < 1.29 is 13.2 Å². The predicted molar refractivity (Wildman–Crippen MR) is 103 cm³/mol. The lowest BCUT2D eigenvalue weighted by atomic mass is 10.2. The van der Waals surface area contributed by atoms with Gasteiger partial charge < -0.3 is 4.90 Å². The van der Waals surface area contributed by atoms with Gasteiger partial charge in [-0.3, -0.25) is 9.10 Å². The van der Waals surface area contributed by atoms with E-state index in [1.165, 1.54) is 0 Å². The Balaban J connectivity index is 2.31. The molecule has 2 aromatic carbocycles. The highest BCUT2D eigenvalue weighted by Gasteiger charge is 2.24. The molecule has 0 bridgehead atoms. The van der Waals surface area contributed by atoms with Gasteiger partial charge in [0, 0.05) is 17.3 Å². The van der Waals surface area contributed by atoms with Crippen LogP contribution in [0.3, 0.4) is 0 Å². The minimum absolute atomic E-state index is 0.276. The first-order valence-corrected chi connectivity index (χ1v) is 10.1. The Morgan fingerprint density at radius 1 is 1.08 bits per heavy atom. The predicted octanol–water partition coefficient (Wildman–Crippen LogP) is 3.47. The molecule has 0 aliphatic heterocycles. The fraction of sp³-hybridized carbons (Fsp3) is 0.278. The van der Waals surface area contributed by atoms with Crippen molar-refractivity contribution in [3.63, 3.8) is 0 Å². The van der Waals surface area contributed by atoms with Crippen molar-refractivity contribution in [2.75, 3.05) is 28.6 Å². The Morgan fingerprint density at radius 2 is 1.72 bits per heavy atom. The van der Waals surface area contributed by atoms with Crippen LogP contribution < -0.4 is 9.21 Å². The van der Waals surface area contributed by atoms with Crippen LogP contribution in [0.25, 0.3) is 0 Å². The topological polar surface area (TPSA) is 57.7 Å². The Bertz CT molecular complexity index is 851. The number of sulfonamides is 1. The lowest BCUT2D eigenvalue weighted by Crippen LogP contribution is -2.42. The zero-order valence-electron chi connectivity index (χ0n) is 14.4. The average molecular weight is 381 g/mol. The molecule has 134 valence electrons. The number of rotatable bonds is 6. The van der Waals surface area contributed by atoms with Gasteiger partial charge in [0.15, 0.2) is 0 Å². The van der Waals surface area contributed by atoms with Crippen molar-refractivity contribution in [2.24, 2.45) is 0 Å². The van der Waals surface area contributed by atoms with Gasteiger partial charge in [-0.15, -0.1) is 0 Å². The van der Waals surface area contributed by atoms with E-state index in [0.29, 0.717) is 17.3 Å². The third-order valence-corrected chi connectivity index (χ3v) is 5.12. The first-order valence-electron chi connectivity index (χ1n) is 7.82. The normalized spacial score (nSPS) is 11.2. The standard InChI is InChI=1S/C18H21ClN2O3S/c1-4-20(17-7-5-6-14(2)12-17)18(22)13-21(25(3,23)24)16-10-8-15(19)9-11-16/h5-12H,4,13H2,1-3H3. The molecule has 5 nitrogen and oxygen atoms in total. The molecule has 0 saturated carbocycles. The number of hydrogen-bond acceptors (Lipinski definition) is 3. The summed E-state index contributed by atoms with van der Waals surface area (Å²) in [6.45, 7) is 3.97. The summed E-state index contributed by atoms with van der Waals surface area (Å²) in [7, 11) is -3.62. The van der Waals surface area contributed by atoms with Crippen LogP contribution in [0.15, 0.2) is 48.5 Å². The van der Waals surface area contributed by atoms with Crippen LogP contribution in [-0.2, 0) is 14.8 Å². The van der Waals surface area contributed by atoms with Gasteiger partial charge in [0.25, 0.3) is 0 Å². The number of carbonyl (C=O) groups is 1. The number of anilines is 2. The van der Waals surface area contributed by atoms with Gasteiger partial charge in [-0.25, -0.2) is 8.42 Å². The van der Waals surface area contributed by atoms with E-state index in [1.54, 1.807) is 29.2 Å². The molecule has 0 saturated heterocycles. The van der Waals surface area contributed by atoms with E-state index in [4.69, 9.17) is 11.6 Å². The quantitative estimate of drug-likeness (QED) is 0.771. The summed E-state index contributed by atoms with van der Waals surface area (Å²) in [5, 5.41) is 0.499. The smallest absolute Gasteiger partial charge is 0.247 e. The van der Waals surface area contributed by atoms with Gasteiger partial charge >= 0.3 is 0 Å². The summed E-state index contributed by atoms with van der Waals surface area (Å²) in [6, 6.07) is 13.9. The highest BCUT2D eigenvalue weighted by atomic mass is 35.5.